The highest BCUT2D eigenvalue weighted by atomic mass is 79.9. The second-order valence-corrected chi connectivity index (χ2v) is 9.49. The fraction of sp³-hybridized carbons (Fsp3) is 0.346. The van der Waals surface area contributed by atoms with Crippen LogP contribution in [0.2, 0.25) is 0 Å². The molecule has 0 radical (unpaired) electrons. The van der Waals surface area contributed by atoms with Crippen LogP contribution in [0.5, 0.6) is 11.5 Å². The van der Waals surface area contributed by atoms with E-state index in [1.807, 2.05) is 0 Å². The van der Waals surface area contributed by atoms with E-state index >= 15 is 0 Å². The highest BCUT2D eigenvalue weighted by Gasteiger charge is 2.23. The number of hydrogen-bond donors (Lipinski definition) is 4. The molecule has 0 spiro atoms. The van der Waals surface area contributed by atoms with Gasteiger partial charge in [0.05, 0.1) is 11.0 Å². The predicted octanol–water partition coefficient (Wildman–Crippen LogP) is 2.78. The van der Waals surface area contributed by atoms with Gasteiger partial charge in [-0.3, -0.25) is 14.2 Å². The number of nitrogens with two attached hydrogens (primary N) is 1. The van der Waals surface area contributed by atoms with Gasteiger partial charge >= 0.3 is 17.6 Å². The highest BCUT2D eigenvalue weighted by Crippen LogP contribution is 2.36. The van der Waals surface area contributed by atoms with Crippen LogP contribution in [-0.2, 0) is 30.5 Å². The fourth-order valence-electron chi connectivity index (χ4n) is 3.45. The number of benzene rings is 1. The topological polar surface area (TPSA) is 189 Å². The van der Waals surface area contributed by atoms with Crippen LogP contribution in [0.25, 0.3) is 0 Å². The van der Waals surface area contributed by atoms with Gasteiger partial charge in [0.1, 0.15) is 61.0 Å². The number of hydrogen-bond acceptors (Lipinski definition) is 13. The van der Waals surface area contributed by atoms with E-state index in [1.165, 1.54) is 26.1 Å². The summed E-state index contributed by atoms with van der Waals surface area (Å²) in [5, 5.41) is 16.5. The summed E-state index contributed by atoms with van der Waals surface area (Å²) < 4.78 is 23.2. The maximum absolute atomic E-state index is 12.8. The Morgan fingerprint density at radius 2 is 1.90 bits per heavy atom. The van der Waals surface area contributed by atoms with Crippen molar-refractivity contribution in [3.8, 4) is 11.5 Å². The molecule has 3 aromatic rings. The van der Waals surface area contributed by atoms with Gasteiger partial charge < -0.3 is 40.4 Å². The molecule has 2 aromatic heterocycles. The number of halogens is 1. The number of aromatic nitrogens is 3. The van der Waals surface area contributed by atoms with Crippen LogP contribution in [-0.4, -0.2) is 63.5 Å². The number of phenolic OH excluding ortho intramolecular Hbond substituents is 1. The third-order valence-corrected chi connectivity index (χ3v) is 5.97. The summed E-state index contributed by atoms with van der Waals surface area (Å²) in [6.45, 7) is 4.22. The van der Waals surface area contributed by atoms with Gasteiger partial charge in [-0.05, 0) is 47.1 Å². The average molecular weight is 635 g/mol. The molecule has 15 heteroatoms. The van der Waals surface area contributed by atoms with E-state index in [9.17, 15) is 19.5 Å². The van der Waals surface area contributed by atoms with E-state index in [4.69, 9.17) is 24.7 Å². The van der Waals surface area contributed by atoms with Crippen LogP contribution >= 0.6 is 15.9 Å². The minimum absolute atomic E-state index is 0.115. The molecule has 2 heterocycles. The third kappa shape index (κ3) is 9.65. The van der Waals surface area contributed by atoms with Crippen LogP contribution in [0.1, 0.15) is 20.8 Å². The third-order valence-electron chi connectivity index (χ3n) is 5.39. The van der Waals surface area contributed by atoms with Crippen LogP contribution in [0.15, 0.2) is 51.9 Å². The van der Waals surface area contributed by atoms with Gasteiger partial charge in [-0.1, -0.05) is 12.1 Å². The molecule has 0 fully saturated rings. The Balaban J connectivity index is 1.68. The van der Waals surface area contributed by atoms with E-state index in [0.29, 0.717) is 28.4 Å². The zero-order chi connectivity index (χ0) is 29.9. The van der Waals surface area contributed by atoms with E-state index in [0.717, 1.165) is 4.57 Å². The Kier molecular flexibility index (Phi) is 11.3. The number of nitrogen functional groups attached to an aromatic ring is 1. The number of aromatic hydroxyl groups is 1. The van der Waals surface area contributed by atoms with E-state index in [-0.39, 0.29) is 37.2 Å². The molecule has 14 nitrogen and oxygen atoms in total. The Bertz CT molecular complexity index is 1420. The van der Waals surface area contributed by atoms with Crippen LogP contribution < -0.4 is 26.8 Å². The molecule has 220 valence electrons. The normalized spacial score (nSPS) is 12.2. The number of para-hydroxylation sites is 1. The number of pyridine rings is 1. The lowest BCUT2D eigenvalue weighted by molar-refractivity contribution is -0.164. The number of esters is 2. The first kappa shape index (κ1) is 31.2. The van der Waals surface area contributed by atoms with Crippen molar-refractivity contribution in [1.82, 2.24) is 14.5 Å². The molecule has 0 saturated carbocycles. The fourth-order valence-corrected chi connectivity index (χ4v) is 3.89. The molecule has 3 rings (SSSR count). The van der Waals surface area contributed by atoms with Gasteiger partial charge in [0, 0.05) is 20.0 Å². The molecule has 0 amide bonds. The largest absolute Gasteiger partial charge is 0.506 e. The Morgan fingerprint density at radius 3 is 2.61 bits per heavy atom. The lowest BCUT2D eigenvalue weighted by Gasteiger charge is -2.24. The van der Waals surface area contributed by atoms with Gasteiger partial charge in [0.2, 0.25) is 0 Å². The number of rotatable bonds is 14. The molecule has 5 N–H and O–H groups in total. The van der Waals surface area contributed by atoms with Crippen molar-refractivity contribution in [2.24, 2.45) is 0 Å². The van der Waals surface area contributed by atoms with Gasteiger partial charge in [0.15, 0.2) is 5.82 Å². The second-order valence-electron chi connectivity index (χ2n) is 8.64. The van der Waals surface area contributed by atoms with Crippen molar-refractivity contribution < 1.29 is 33.6 Å². The first-order valence-electron chi connectivity index (χ1n) is 12.4. The van der Waals surface area contributed by atoms with E-state index in [1.54, 1.807) is 37.3 Å². The molecule has 0 saturated heterocycles. The van der Waals surface area contributed by atoms with Crippen molar-refractivity contribution in [2.45, 2.75) is 39.7 Å². The number of anilines is 4. The molecule has 0 aliphatic heterocycles. The molecule has 1 unspecified atom stereocenters. The molecule has 1 aromatic carbocycles. The molecular weight excluding hydrogens is 604 g/mol. The zero-order valence-electron chi connectivity index (χ0n) is 22.6. The summed E-state index contributed by atoms with van der Waals surface area (Å²) in [6.07, 6.45) is -0.159. The Hall–Kier alpha value is -4.37. The van der Waals surface area contributed by atoms with Gasteiger partial charge in [-0.15, -0.1) is 0 Å². The van der Waals surface area contributed by atoms with E-state index in [2.05, 4.69) is 36.5 Å². The summed E-state index contributed by atoms with van der Waals surface area (Å²) >= 11 is 3.37. The summed E-state index contributed by atoms with van der Waals surface area (Å²) in [5.41, 5.74) is 5.20. The monoisotopic (exact) mass is 634 g/mol. The maximum atomic E-state index is 12.8. The van der Waals surface area contributed by atoms with Gasteiger partial charge in [0.25, 0.3) is 0 Å². The minimum atomic E-state index is -0.836. The predicted molar refractivity (Wildman–Crippen MR) is 153 cm³/mol. The first-order chi connectivity index (χ1) is 19.5. The van der Waals surface area contributed by atoms with E-state index < -0.39 is 29.8 Å². The van der Waals surface area contributed by atoms with Crippen molar-refractivity contribution in [3.63, 3.8) is 0 Å². The highest BCUT2D eigenvalue weighted by molar-refractivity contribution is 9.10. The SMILES string of the molecule is CC(=O)OC[C@@H](OCn1cc(Br)c(Nc2c(O)cccc2OCCNc2cccc(N)n2)nc1=O)C(C)OC(C)=O. The quantitative estimate of drug-likeness (QED) is 0.115. The number of nitrogens with one attached hydrogen (secondary N) is 2. The number of nitrogens with zero attached hydrogens (tertiary/aromatic N) is 3. The van der Waals surface area contributed by atoms with Crippen molar-refractivity contribution in [1.29, 1.82) is 0 Å². The van der Waals surface area contributed by atoms with Gasteiger partial charge in [-0.25, -0.2) is 9.78 Å². The lowest BCUT2D eigenvalue weighted by atomic mass is 10.2. The summed E-state index contributed by atoms with van der Waals surface area (Å²) in [5.74, 6) is 0.230. The molecule has 41 heavy (non-hydrogen) atoms. The lowest BCUT2D eigenvalue weighted by Crippen LogP contribution is -2.37. The Labute approximate surface area is 243 Å². The molecule has 0 aliphatic carbocycles. The van der Waals surface area contributed by atoms with Crippen LogP contribution in [0, 0.1) is 0 Å². The minimum Gasteiger partial charge on any atom is -0.506 e. The molecule has 0 aliphatic rings. The van der Waals surface area contributed by atoms with Crippen molar-refractivity contribution >= 4 is 51.0 Å². The van der Waals surface area contributed by atoms with Crippen LogP contribution in [0.4, 0.5) is 23.1 Å². The van der Waals surface area contributed by atoms with Crippen LogP contribution in [0.3, 0.4) is 0 Å². The van der Waals surface area contributed by atoms with Crippen molar-refractivity contribution in [3.05, 3.63) is 57.6 Å². The van der Waals surface area contributed by atoms with Crippen molar-refractivity contribution in [2.75, 3.05) is 36.1 Å². The van der Waals surface area contributed by atoms with Gasteiger partial charge in [-0.2, -0.15) is 4.98 Å². The standard InChI is InChI=1S/C26H31BrN6O8/c1-15(41-17(3)35)21(13-39-16(2)34)40-14-33-12-18(27)25(32-26(33)37)31-24-19(36)6-4-7-20(24)38-11-10-29-23-9-5-8-22(28)30-23/h4-9,12,15,21,36H,10-11,13-14H2,1-3H3,(H3,28,29,30)(H,31,32,37)/t15?,21-/m1/s1. The second kappa shape index (κ2) is 14.9. The molecule has 2 atom stereocenters. The first-order valence-corrected chi connectivity index (χ1v) is 13.2. The number of phenols is 1. The number of ether oxygens (including phenoxy) is 4. The Morgan fingerprint density at radius 1 is 1.15 bits per heavy atom. The molecular formula is C26H31BrN6O8. The average Bonchev–Trinajstić information content (AvgIpc) is 2.90. The maximum Gasteiger partial charge on any atom is 0.351 e. The summed E-state index contributed by atoms with van der Waals surface area (Å²) in [7, 11) is 0. The summed E-state index contributed by atoms with van der Waals surface area (Å²) in [6, 6.07) is 9.95. The number of carbonyl (C=O) groups is 2. The summed E-state index contributed by atoms with van der Waals surface area (Å²) in [4.78, 5) is 43.6. The number of carbonyl (C=O) groups excluding carboxylic acids is 2. The zero-order valence-corrected chi connectivity index (χ0v) is 24.2. The molecule has 0 bridgehead atoms. The smallest absolute Gasteiger partial charge is 0.351 e.